The largest absolute Gasteiger partial charge is 0.371 e. The van der Waals surface area contributed by atoms with Crippen molar-refractivity contribution in [3.8, 4) is 0 Å². The molecule has 1 saturated heterocycles. The molecular formula is C12H22O. The summed E-state index contributed by atoms with van der Waals surface area (Å²) >= 11 is 0. The van der Waals surface area contributed by atoms with Crippen LogP contribution < -0.4 is 0 Å². The van der Waals surface area contributed by atoms with E-state index in [0.717, 1.165) is 19.3 Å². The van der Waals surface area contributed by atoms with Crippen molar-refractivity contribution in [3.05, 3.63) is 12.7 Å². The van der Waals surface area contributed by atoms with E-state index in [1.54, 1.807) is 0 Å². The molecular weight excluding hydrogens is 160 g/mol. The quantitative estimate of drug-likeness (QED) is 0.602. The summed E-state index contributed by atoms with van der Waals surface area (Å²) in [5, 5.41) is 0. The number of rotatable bonds is 4. The van der Waals surface area contributed by atoms with Gasteiger partial charge in [-0.1, -0.05) is 19.9 Å². The zero-order valence-corrected chi connectivity index (χ0v) is 9.01. The number of hydrogen-bond donors (Lipinski definition) is 0. The first-order valence-corrected chi connectivity index (χ1v) is 5.55. The van der Waals surface area contributed by atoms with E-state index >= 15 is 0 Å². The summed E-state index contributed by atoms with van der Waals surface area (Å²) in [5.41, 5.74) is 0.186. The van der Waals surface area contributed by atoms with Crippen LogP contribution in [0.5, 0.6) is 0 Å². The zero-order chi connectivity index (χ0) is 9.73. The van der Waals surface area contributed by atoms with Gasteiger partial charge >= 0.3 is 0 Å². The first kappa shape index (κ1) is 10.8. The summed E-state index contributed by atoms with van der Waals surface area (Å²) in [6.07, 6.45) is 9.51. The van der Waals surface area contributed by atoms with Gasteiger partial charge in [-0.15, -0.1) is 6.58 Å². The highest BCUT2D eigenvalue weighted by atomic mass is 16.5. The van der Waals surface area contributed by atoms with Gasteiger partial charge in [-0.05, 0) is 38.5 Å². The summed E-state index contributed by atoms with van der Waals surface area (Å²) in [6, 6.07) is 0. The van der Waals surface area contributed by atoms with Crippen LogP contribution in [0, 0.1) is 0 Å². The van der Waals surface area contributed by atoms with Gasteiger partial charge in [0.25, 0.3) is 0 Å². The maximum absolute atomic E-state index is 6.14. The van der Waals surface area contributed by atoms with Crippen LogP contribution >= 0.6 is 0 Å². The molecule has 1 nitrogen and oxygen atoms in total. The van der Waals surface area contributed by atoms with Crippen LogP contribution in [0.2, 0.25) is 0 Å². The van der Waals surface area contributed by atoms with Crippen molar-refractivity contribution in [1.82, 2.24) is 0 Å². The third kappa shape index (κ3) is 2.57. The maximum Gasteiger partial charge on any atom is 0.0681 e. The lowest BCUT2D eigenvalue weighted by Gasteiger charge is -2.40. The van der Waals surface area contributed by atoms with E-state index in [-0.39, 0.29) is 5.60 Å². The molecule has 0 aromatic rings. The lowest BCUT2D eigenvalue weighted by molar-refractivity contribution is -0.130. The van der Waals surface area contributed by atoms with Crippen LogP contribution in [0.1, 0.15) is 52.4 Å². The van der Waals surface area contributed by atoms with Crippen molar-refractivity contribution < 1.29 is 4.74 Å². The smallest absolute Gasteiger partial charge is 0.0681 e. The molecule has 0 radical (unpaired) electrons. The second-order valence-corrected chi connectivity index (χ2v) is 4.05. The molecule has 1 atom stereocenters. The Labute approximate surface area is 82.2 Å². The second kappa shape index (κ2) is 4.80. The Hall–Kier alpha value is -0.300. The minimum Gasteiger partial charge on any atom is -0.371 e. The summed E-state index contributed by atoms with van der Waals surface area (Å²) in [7, 11) is 0. The van der Waals surface area contributed by atoms with Gasteiger partial charge in [0, 0.05) is 0 Å². The topological polar surface area (TPSA) is 9.23 Å². The van der Waals surface area contributed by atoms with E-state index in [2.05, 4.69) is 20.4 Å². The Morgan fingerprint density at radius 2 is 2.15 bits per heavy atom. The van der Waals surface area contributed by atoms with Crippen LogP contribution in [0.15, 0.2) is 12.7 Å². The Bertz CT molecular complexity index is 159. The molecule has 0 saturated carbocycles. The van der Waals surface area contributed by atoms with Crippen LogP contribution in [0.25, 0.3) is 0 Å². The van der Waals surface area contributed by atoms with Gasteiger partial charge in [0.1, 0.15) is 0 Å². The van der Waals surface area contributed by atoms with Gasteiger partial charge in [-0.3, -0.25) is 0 Å². The minimum absolute atomic E-state index is 0.186. The van der Waals surface area contributed by atoms with E-state index in [1.807, 2.05) is 6.08 Å². The summed E-state index contributed by atoms with van der Waals surface area (Å²) in [5.74, 6) is 0. The first-order chi connectivity index (χ1) is 6.26. The summed E-state index contributed by atoms with van der Waals surface area (Å²) < 4.78 is 6.14. The zero-order valence-electron chi connectivity index (χ0n) is 9.01. The molecule has 1 rings (SSSR count). The minimum atomic E-state index is 0.186. The van der Waals surface area contributed by atoms with Crippen molar-refractivity contribution in [3.63, 3.8) is 0 Å². The normalized spacial score (nSPS) is 27.1. The molecule has 0 aromatic carbocycles. The predicted octanol–water partition coefficient (Wildman–Crippen LogP) is 3.69. The van der Waals surface area contributed by atoms with Crippen LogP contribution in [0.4, 0.5) is 0 Å². The molecule has 13 heavy (non-hydrogen) atoms. The van der Waals surface area contributed by atoms with E-state index in [4.69, 9.17) is 4.74 Å². The van der Waals surface area contributed by atoms with Crippen LogP contribution in [0.3, 0.4) is 0 Å². The Balaban J connectivity index is 2.52. The van der Waals surface area contributed by atoms with Gasteiger partial charge in [0.2, 0.25) is 0 Å². The van der Waals surface area contributed by atoms with Crippen molar-refractivity contribution in [2.24, 2.45) is 0 Å². The molecule has 1 heteroatoms. The van der Waals surface area contributed by atoms with Crippen LogP contribution in [-0.2, 0) is 4.74 Å². The standard InChI is InChI=1S/C12H22O/c1-4-8-11-9-7-10-12(5-2,6-3)13-11/h4,11H,1,5-10H2,2-3H3. The highest BCUT2D eigenvalue weighted by Gasteiger charge is 2.33. The third-order valence-corrected chi connectivity index (χ3v) is 3.29. The maximum atomic E-state index is 6.14. The molecule has 0 amide bonds. The van der Waals surface area contributed by atoms with Gasteiger partial charge in [0.15, 0.2) is 0 Å². The number of hydrogen-bond acceptors (Lipinski definition) is 1. The molecule has 0 aliphatic carbocycles. The Morgan fingerprint density at radius 3 is 2.69 bits per heavy atom. The Kier molecular flexibility index (Phi) is 3.98. The number of ether oxygens (including phenoxy) is 1. The first-order valence-electron chi connectivity index (χ1n) is 5.55. The van der Waals surface area contributed by atoms with Crippen molar-refractivity contribution in [2.75, 3.05) is 0 Å². The molecule has 1 aliphatic rings. The highest BCUT2D eigenvalue weighted by molar-refractivity contribution is 4.86. The fourth-order valence-corrected chi connectivity index (χ4v) is 2.25. The second-order valence-electron chi connectivity index (χ2n) is 4.05. The van der Waals surface area contributed by atoms with E-state index in [0.29, 0.717) is 6.10 Å². The monoisotopic (exact) mass is 182 g/mol. The van der Waals surface area contributed by atoms with E-state index in [9.17, 15) is 0 Å². The lowest BCUT2D eigenvalue weighted by atomic mass is 9.86. The van der Waals surface area contributed by atoms with Gasteiger partial charge in [-0.25, -0.2) is 0 Å². The van der Waals surface area contributed by atoms with Gasteiger partial charge in [0.05, 0.1) is 11.7 Å². The molecule has 1 unspecified atom stereocenters. The molecule has 76 valence electrons. The van der Waals surface area contributed by atoms with Gasteiger partial charge < -0.3 is 4.74 Å². The average Bonchev–Trinajstić information content (AvgIpc) is 2.19. The van der Waals surface area contributed by atoms with Crippen molar-refractivity contribution in [1.29, 1.82) is 0 Å². The lowest BCUT2D eigenvalue weighted by Crippen LogP contribution is -2.39. The molecule has 0 N–H and O–H groups in total. The molecule has 1 aliphatic heterocycles. The van der Waals surface area contributed by atoms with E-state index < -0.39 is 0 Å². The SMILES string of the molecule is C=CCC1CCCC(CC)(CC)O1. The molecule has 0 aromatic heterocycles. The average molecular weight is 182 g/mol. The van der Waals surface area contributed by atoms with Crippen molar-refractivity contribution >= 4 is 0 Å². The van der Waals surface area contributed by atoms with E-state index in [1.165, 1.54) is 19.3 Å². The van der Waals surface area contributed by atoms with Crippen molar-refractivity contribution in [2.45, 2.75) is 64.1 Å². The van der Waals surface area contributed by atoms with Gasteiger partial charge in [-0.2, -0.15) is 0 Å². The third-order valence-electron chi connectivity index (χ3n) is 3.29. The fourth-order valence-electron chi connectivity index (χ4n) is 2.25. The molecule has 1 heterocycles. The summed E-state index contributed by atoms with van der Waals surface area (Å²) in [6.45, 7) is 8.25. The predicted molar refractivity (Wildman–Crippen MR) is 56.9 cm³/mol. The fraction of sp³-hybridized carbons (Fsp3) is 0.833. The highest BCUT2D eigenvalue weighted by Crippen LogP contribution is 2.35. The summed E-state index contributed by atoms with van der Waals surface area (Å²) in [4.78, 5) is 0. The Morgan fingerprint density at radius 1 is 1.46 bits per heavy atom. The molecule has 0 spiro atoms. The molecule has 0 bridgehead atoms. The van der Waals surface area contributed by atoms with Crippen LogP contribution in [-0.4, -0.2) is 11.7 Å². The molecule has 1 fully saturated rings.